The maximum absolute atomic E-state index is 13.4. The van der Waals surface area contributed by atoms with Crippen molar-refractivity contribution in [2.24, 2.45) is 10.9 Å². The number of pyridine rings is 1. The summed E-state index contributed by atoms with van der Waals surface area (Å²) in [4.78, 5) is 10.9. The Morgan fingerprint density at radius 1 is 1.36 bits per heavy atom. The molecule has 0 saturated carbocycles. The molecule has 1 fully saturated rings. The SMILES string of the molecule is CN=C(NCc1cccnc1Oc1cccc(F)c1)N1CCC(COC)C1.I. The highest BCUT2D eigenvalue weighted by atomic mass is 127. The van der Waals surface area contributed by atoms with Gasteiger partial charge in [-0.25, -0.2) is 9.37 Å². The van der Waals surface area contributed by atoms with E-state index in [1.54, 1.807) is 32.5 Å². The molecule has 6 nitrogen and oxygen atoms in total. The molecular formula is C20H26FIN4O2. The van der Waals surface area contributed by atoms with Crippen molar-refractivity contribution >= 4 is 29.9 Å². The topological polar surface area (TPSA) is 59.0 Å². The van der Waals surface area contributed by atoms with E-state index in [4.69, 9.17) is 9.47 Å². The van der Waals surface area contributed by atoms with Gasteiger partial charge in [-0.15, -0.1) is 24.0 Å². The second kappa shape index (κ2) is 11.2. The van der Waals surface area contributed by atoms with Crippen molar-refractivity contribution in [3.05, 3.63) is 54.0 Å². The summed E-state index contributed by atoms with van der Waals surface area (Å²) in [5, 5.41) is 3.37. The maximum atomic E-state index is 13.4. The fraction of sp³-hybridized carbons (Fsp3) is 0.400. The summed E-state index contributed by atoms with van der Waals surface area (Å²) in [5.74, 6) is 1.89. The van der Waals surface area contributed by atoms with Crippen molar-refractivity contribution in [3.63, 3.8) is 0 Å². The first-order valence-corrected chi connectivity index (χ1v) is 9.01. The molecule has 1 aromatic carbocycles. The molecule has 1 aliphatic rings. The van der Waals surface area contributed by atoms with Crippen LogP contribution in [-0.2, 0) is 11.3 Å². The molecule has 3 rings (SSSR count). The molecule has 1 N–H and O–H groups in total. The Morgan fingerprint density at radius 2 is 2.21 bits per heavy atom. The van der Waals surface area contributed by atoms with E-state index < -0.39 is 0 Å². The van der Waals surface area contributed by atoms with E-state index in [0.29, 0.717) is 24.1 Å². The van der Waals surface area contributed by atoms with Crippen LogP contribution in [0.5, 0.6) is 11.6 Å². The summed E-state index contributed by atoms with van der Waals surface area (Å²) < 4.78 is 24.4. The van der Waals surface area contributed by atoms with Gasteiger partial charge in [0.15, 0.2) is 5.96 Å². The maximum Gasteiger partial charge on any atom is 0.224 e. The summed E-state index contributed by atoms with van der Waals surface area (Å²) in [6.45, 7) is 3.15. The van der Waals surface area contributed by atoms with Crippen molar-refractivity contribution in [2.75, 3.05) is 33.9 Å². The predicted octanol–water partition coefficient (Wildman–Crippen LogP) is 3.67. The fourth-order valence-electron chi connectivity index (χ4n) is 3.20. The average Bonchev–Trinajstić information content (AvgIpc) is 3.12. The average molecular weight is 500 g/mol. The lowest BCUT2D eigenvalue weighted by molar-refractivity contribution is 0.157. The molecule has 0 bridgehead atoms. The van der Waals surface area contributed by atoms with E-state index in [0.717, 1.165) is 37.6 Å². The molecule has 0 spiro atoms. The summed E-state index contributed by atoms with van der Waals surface area (Å²) in [7, 11) is 3.51. The molecule has 1 unspecified atom stereocenters. The van der Waals surface area contributed by atoms with Gasteiger partial charge in [-0.1, -0.05) is 12.1 Å². The van der Waals surface area contributed by atoms with E-state index in [9.17, 15) is 4.39 Å². The van der Waals surface area contributed by atoms with E-state index in [2.05, 4.69) is 20.2 Å². The number of rotatable bonds is 6. The molecule has 1 aliphatic heterocycles. The number of guanidine groups is 1. The summed E-state index contributed by atoms with van der Waals surface area (Å²) in [6.07, 6.45) is 2.75. The van der Waals surface area contributed by atoms with Crippen LogP contribution in [0.2, 0.25) is 0 Å². The van der Waals surface area contributed by atoms with Gasteiger partial charge in [-0.05, 0) is 24.6 Å². The minimum Gasteiger partial charge on any atom is -0.439 e. The second-order valence-electron chi connectivity index (χ2n) is 6.48. The highest BCUT2D eigenvalue weighted by Crippen LogP contribution is 2.23. The Balaban J connectivity index is 0.00000280. The Kier molecular flexibility index (Phi) is 8.91. The Labute approximate surface area is 182 Å². The third kappa shape index (κ3) is 6.03. The number of ether oxygens (including phenoxy) is 2. The van der Waals surface area contributed by atoms with Gasteiger partial charge in [0.1, 0.15) is 11.6 Å². The molecular weight excluding hydrogens is 474 g/mol. The lowest BCUT2D eigenvalue weighted by Crippen LogP contribution is -2.39. The number of aliphatic imine (C=N–C) groups is 1. The number of hydrogen-bond donors (Lipinski definition) is 1. The van der Waals surface area contributed by atoms with Crippen molar-refractivity contribution in [1.82, 2.24) is 15.2 Å². The number of halogens is 2. The first-order chi connectivity index (χ1) is 13.2. The van der Waals surface area contributed by atoms with Crippen LogP contribution in [-0.4, -0.2) is 49.7 Å². The zero-order valence-electron chi connectivity index (χ0n) is 16.1. The first-order valence-electron chi connectivity index (χ1n) is 9.01. The first kappa shape index (κ1) is 22.4. The van der Waals surface area contributed by atoms with Gasteiger partial charge < -0.3 is 19.7 Å². The number of nitrogens with one attached hydrogen (secondary N) is 1. The molecule has 8 heteroatoms. The van der Waals surface area contributed by atoms with Gasteiger partial charge >= 0.3 is 0 Å². The molecule has 1 saturated heterocycles. The molecule has 2 aromatic rings. The van der Waals surface area contributed by atoms with Crippen LogP contribution >= 0.6 is 24.0 Å². The lowest BCUT2D eigenvalue weighted by Gasteiger charge is -2.22. The van der Waals surface area contributed by atoms with E-state index in [1.807, 2.05) is 12.1 Å². The van der Waals surface area contributed by atoms with Crippen LogP contribution in [0.1, 0.15) is 12.0 Å². The van der Waals surface area contributed by atoms with Crippen LogP contribution in [0.15, 0.2) is 47.6 Å². The van der Waals surface area contributed by atoms with Crippen LogP contribution < -0.4 is 10.1 Å². The number of nitrogens with zero attached hydrogens (tertiary/aromatic N) is 3. The van der Waals surface area contributed by atoms with E-state index in [1.165, 1.54) is 12.1 Å². The molecule has 0 radical (unpaired) electrons. The van der Waals surface area contributed by atoms with Crippen LogP contribution in [0.4, 0.5) is 4.39 Å². The minimum absolute atomic E-state index is 0. The number of methoxy groups -OCH3 is 1. The summed E-state index contributed by atoms with van der Waals surface area (Å²) in [6, 6.07) is 9.81. The predicted molar refractivity (Wildman–Crippen MR) is 118 cm³/mol. The Bertz CT molecular complexity index is 790. The molecule has 0 amide bonds. The van der Waals surface area contributed by atoms with Gasteiger partial charge in [0.25, 0.3) is 0 Å². The van der Waals surface area contributed by atoms with E-state index >= 15 is 0 Å². The van der Waals surface area contributed by atoms with Crippen molar-refractivity contribution < 1.29 is 13.9 Å². The van der Waals surface area contributed by atoms with Gasteiger partial charge in [-0.3, -0.25) is 4.99 Å². The molecule has 28 heavy (non-hydrogen) atoms. The van der Waals surface area contributed by atoms with Crippen molar-refractivity contribution in [3.8, 4) is 11.6 Å². The molecule has 1 aromatic heterocycles. The highest BCUT2D eigenvalue weighted by Gasteiger charge is 2.24. The van der Waals surface area contributed by atoms with Crippen molar-refractivity contribution in [2.45, 2.75) is 13.0 Å². The largest absolute Gasteiger partial charge is 0.439 e. The number of likely N-dealkylation sites (tertiary alicyclic amines) is 1. The monoisotopic (exact) mass is 500 g/mol. The highest BCUT2D eigenvalue weighted by molar-refractivity contribution is 14.0. The second-order valence-corrected chi connectivity index (χ2v) is 6.48. The minimum atomic E-state index is -0.344. The van der Waals surface area contributed by atoms with Gasteiger partial charge in [-0.2, -0.15) is 0 Å². The zero-order valence-corrected chi connectivity index (χ0v) is 18.4. The lowest BCUT2D eigenvalue weighted by atomic mass is 10.1. The normalized spacial score (nSPS) is 16.6. The molecule has 1 atom stereocenters. The number of benzene rings is 1. The summed E-state index contributed by atoms with van der Waals surface area (Å²) >= 11 is 0. The van der Waals surface area contributed by atoms with Crippen LogP contribution in [0.3, 0.4) is 0 Å². The Hall–Kier alpha value is -1.94. The quantitative estimate of drug-likeness (QED) is 0.373. The van der Waals surface area contributed by atoms with Gasteiger partial charge in [0, 0.05) is 57.5 Å². The third-order valence-electron chi connectivity index (χ3n) is 4.50. The van der Waals surface area contributed by atoms with Crippen molar-refractivity contribution in [1.29, 1.82) is 0 Å². The van der Waals surface area contributed by atoms with Gasteiger partial charge in [0.05, 0.1) is 6.61 Å². The van der Waals surface area contributed by atoms with Gasteiger partial charge in [0.2, 0.25) is 5.88 Å². The van der Waals surface area contributed by atoms with E-state index in [-0.39, 0.29) is 29.8 Å². The number of aromatic nitrogens is 1. The van der Waals surface area contributed by atoms with Crippen LogP contribution in [0, 0.1) is 11.7 Å². The Morgan fingerprint density at radius 3 is 2.96 bits per heavy atom. The standard InChI is InChI=1S/C20H25FN4O2.HI/c1-22-20(25-10-8-15(13-25)14-26-2)24-12-16-5-4-9-23-19(16)27-18-7-3-6-17(21)11-18;/h3-7,9,11,15H,8,10,12-14H2,1-2H3,(H,22,24);1H. The molecule has 2 heterocycles. The van der Waals surface area contributed by atoms with Crippen LogP contribution in [0.25, 0.3) is 0 Å². The number of hydrogen-bond acceptors (Lipinski definition) is 4. The molecule has 0 aliphatic carbocycles. The third-order valence-corrected chi connectivity index (χ3v) is 4.50. The fourth-order valence-corrected chi connectivity index (χ4v) is 3.20. The molecule has 152 valence electrons. The summed E-state index contributed by atoms with van der Waals surface area (Å²) in [5.41, 5.74) is 0.871. The zero-order chi connectivity index (χ0) is 19.1. The smallest absolute Gasteiger partial charge is 0.224 e.